The monoisotopic (exact) mass is 493 g/mol. The standard InChI is InChI=1S/C28H23N5O2S/c1-2-16-32-26(35)20-13-7-9-15-23(20)33-27(32)30-31-28(33)36-25(18-10-4-3-5-11-18)24(34)21-17-29-22-14-8-6-12-19(21)22/h3-15,17,25,29H,2,16H2,1H3. The lowest BCUT2D eigenvalue weighted by Crippen LogP contribution is -2.23. The topological polar surface area (TPSA) is 85.0 Å². The number of rotatable bonds is 7. The van der Waals surface area contributed by atoms with Crippen LogP contribution in [0, 0.1) is 0 Å². The number of nitrogens with one attached hydrogen (secondary N) is 1. The zero-order chi connectivity index (χ0) is 24.6. The van der Waals surface area contributed by atoms with Crippen molar-refractivity contribution in [3.8, 4) is 0 Å². The summed E-state index contributed by atoms with van der Waals surface area (Å²) in [5.41, 5.74) is 3.07. The van der Waals surface area contributed by atoms with Gasteiger partial charge in [-0.15, -0.1) is 10.2 Å². The Morgan fingerprint density at radius 3 is 2.47 bits per heavy atom. The highest BCUT2D eigenvalue weighted by Crippen LogP contribution is 2.39. The minimum Gasteiger partial charge on any atom is -0.360 e. The van der Waals surface area contributed by atoms with Crippen molar-refractivity contribution in [2.24, 2.45) is 0 Å². The molecular formula is C28H23N5O2S. The first-order chi connectivity index (χ1) is 17.7. The van der Waals surface area contributed by atoms with Gasteiger partial charge in [0.2, 0.25) is 5.78 Å². The van der Waals surface area contributed by atoms with Crippen molar-refractivity contribution in [2.45, 2.75) is 30.3 Å². The van der Waals surface area contributed by atoms with Gasteiger partial charge in [0, 0.05) is 29.2 Å². The number of fused-ring (bicyclic) bond motifs is 4. The van der Waals surface area contributed by atoms with E-state index in [9.17, 15) is 9.59 Å². The number of para-hydroxylation sites is 2. The number of benzene rings is 3. The van der Waals surface area contributed by atoms with E-state index in [1.807, 2.05) is 90.2 Å². The molecule has 7 nitrogen and oxygen atoms in total. The molecule has 0 aliphatic carbocycles. The van der Waals surface area contributed by atoms with Crippen molar-refractivity contribution in [2.75, 3.05) is 0 Å². The molecule has 0 fully saturated rings. The lowest BCUT2D eigenvalue weighted by Gasteiger charge is -2.16. The first-order valence-corrected chi connectivity index (χ1v) is 12.7. The van der Waals surface area contributed by atoms with Crippen LogP contribution in [-0.2, 0) is 6.54 Å². The molecule has 0 radical (unpaired) electrons. The fourth-order valence-electron chi connectivity index (χ4n) is 4.66. The molecule has 0 saturated carbocycles. The first-order valence-electron chi connectivity index (χ1n) is 11.9. The Kier molecular flexibility index (Phi) is 5.65. The molecule has 3 aromatic heterocycles. The molecule has 1 N–H and O–H groups in total. The molecule has 0 bridgehead atoms. The Balaban J connectivity index is 1.53. The molecule has 0 amide bonds. The van der Waals surface area contributed by atoms with E-state index in [2.05, 4.69) is 15.2 Å². The molecule has 8 heteroatoms. The number of H-pyrrole nitrogens is 1. The second kappa shape index (κ2) is 9.13. The molecule has 3 heterocycles. The lowest BCUT2D eigenvalue weighted by molar-refractivity contribution is 0.0991. The molecule has 36 heavy (non-hydrogen) atoms. The molecule has 1 atom stereocenters. The van der Waals surface area contributed by atoms with Crippen LogP contribution >= 0.6 is 11.8 Å². The van der Waals surface area contributed by atoms with Crippen LogP contribution in [0.4, 0.5) is 0 Å². The molecule has 3 aromatic carbocycles. The number of carbonyl (C=O) groups is 1. The SMILES string of the molecule is CCCn1c(=O)c2ccccc2n2c(SC(C(=O)c3c[nH]c4ccccc34)c3ccccc3)nnc12. The van der Waals surface area contributed by atoms with Gasteiger partial charge < -0.3 is 4.98 Å². The van der Waals surface area contributed by atoms with Gasteiger partial charge in [0.15, 0.2) is 10.9 Å². The van der Waals surface area contributed by atoms with Crippen LogP contribution < -0.4 is 5.56 Å². The van der Waals surface area contributed by atoms with Crippen molar-refractivity contribution in [1.29, 1.82) is 0 Å². The Morgan fingerprint density at radius 2 is 1.67 bits per heavy atom. The predicted molar refractivity (Wildman–Crippen MR) is 143 cm³/mol. The third kappa shape index (κ3) is 3.61. The smallest absolute Gasteiger partial charge is 0.262 e. The van der Waals surface area contributed by atoms with Crippen molar-refractivity contribution in [1.82, 2.24) is 24.1 Å². The average molecular weight is 494 g/mol. The van der Waals surface area contributed by atoms with Gasteiger partial charge in [-0.05, 0) is 30.2 Å². The van der Waals surface area contributed by atoms with E-state index < -0.39 is 5.25 Å². The summed E-state index contributed by atoms with van der Waals surface area (Å²) >= 11 is 1.35. The number of aryl methyl sites for hydroxylation is 1. The zero-order valence-corrected chi connectivity index (χ0v) is 20.4. The van der Waals surface area contributed by atoms with Gasteiger partial charge in [0.1, 0.15) is 5.25 Å². The van der Waals surface area contributed by atoms with Gasteiger partial charge in [-0.1, -0.05) is 79.3 Å². The summed E-state index contributed by atoms with van der Waals surface area (Å²) in [5.74, 6) is 0.459. The Labute approximate surface area is 210 Å². The largest absolute Gasteiger partial charge is 0.360 e. The number of carbonyl (C=O) groups excluding carboxylic acids is 1. The third-order valence-corrected chi connectivity index (χ3v) is 7.54. The van der Waals surface area contributed by atoms with Gasteiger partial charge in [-0.25, -0.2) is 0 Å². The molecule has 6 rings (SSSR count). The Bertz CT molecular complexity index is 1780. The summed E-state index contributed by atoms with van der Waals surface area (Å²) in [7, 11) is 0. The van der Waals surface area contributed by atoms with Crippen molar-refractivity contribution >= 4 is 45.1 Å². The highest BCUT2D eigenvalue weighted by atomic mass is 32.2. The molecule has 178 valence electrons. The van der Waals surface area contributed by atoms with Crippen molar-refractivity contribution in [3.63, 3.8) is 0 Å². The summed E-state index contributed by atoms with van der Waals surface area (Å²) in [5, 5.41) is 10.4. The molecular weight excluding hydrogens is 470 g/mol. The fraction of sp³-hybridized carbons (Fsp3) is 0.143. The maximum Gasteiger partial charge on any atom is 0.262 e. The van der Waals surface area contributed by atoms with Crippen LogP contribution in [0.25, 0.3) is 27.6 Å². The third-order valence-electron chi connectivity index (χ3n) is 6.34. The van der Waals surface area contributed by atoms with Crippen LogP contribution in [-0.4, -0.2) is 29.9 Å². The second-order valence-corrected chi connectivity index (χ2v) is 9.68. The van der Waals surface area contributed by atoms with Gasteiger partial charge in [0.25, 0.3) is 5.56 Å². The molecule has 0 saturated heterocycles. The van der Waals surface area contributed by atoms with E-state index in [4.69, 9.17) is 0 Å². The predicted octanol–water partition coefficient (Wildman–Crippen LogP) is 5.65. The number of hydrogen-bond donors (Lipinski definition) is 1. The number of thioether (sulfide) groups is 1. The normalized spacial score (nSPS) is 12.5. The number of aromatic amines is 1. The second-order valence-electron chi connectivity index (χ2n) is 8.61. The Morgan fingerprint density at radius 1 is 0.944 bits per heavy atom. The van der Waals surface area contributed by atoms with Crippen LogP contribution in [0.15, 0.2) is 95.0 Å². The quantitative estimate of drug-likeness (QED) is 0.229. The minimum absolute atomic E-state index is 0.0217. The fourth-order valence-corrected chi connectivity index (χ4v) is 5.77. The van der Waals surface area contributed by atoms with Crippen LogP contribution in [0.3, 0.4) is 0 Å². The number of nitrogens with zero attached hydrogens (tertiary/aromatic N) is 4. The summed E-state index contributed by atoms with van der Waals surface area (Å²) in [6, 6.07) is 25.0. The van der Waals surface area contributed by atoms with Crippen molar-refractivity contribution < 1.29 is 4.79 Å². The van der Waals surface area contributed by atoms with E-state index in [1.54, 1.807) is 10.8 Å². The van der Waals surface area contributed by atoms with Crippen LogP contribution in [0.1, 0.15) is 34.5 Å². The molecule has 0 aliphatic rings. The summed E-state index contributed by atoms with van der Waals surface area (Å²) in [4.78, 5) is 30.4. The lowest BCUT2D eigenvalue weighted by atomic mass is 10.0. The summed E-state index contributed by atoms with van der Waals surface area (Å²) in [6.45, 7) is 2.56. The number of hydrogen-bond acceptors (Lipinski definition) is 5. The highest BCUT2D eigenvalue weighted by molar-refractivity contribution is 8.00. The maximum absolute atomic E-state index is 14.0. The summed E-state index contributed by atoms with van der Waals surface area (Å²) < 4.78 is 3.56. The highest BCUT2D eigenvalue weighted by Gasteiger charge is 2.28. The number of aromatic nitrogens is 5. The maximum atomic E-state index is 14.0. The van der Waals surface area contributed by atoms with E-state index >= 15 is 0 Å². The average Bonchev–Trinajstić information content (AvgIpc) is 3.54. The van der Waals surface area contributed by atoms with Gasteiger partial charge in [0.05, 0.1) is 10.9 Å². The van der Waals surface area contributed by atoms with Gasteiger partial charge in [-0.2, -0.15) is 0 Å². The Hall–Kier alpha value is -4.17. The van der Waals surface area contributed by atoms with Gasteiger partial charge in [-0.3, -0.25) is 18.6 Å². The molecule has 0 spiro atoms. The molecule has 1 unspecified atom stereocenters. The first kappa shape index (κ1) is 22.3. The van der Waals surface area contributed by atoms with Crippen LogP contribution in [0.5, 0.6) is 0 Å². The zero-order valence-electron chi connectivity index (χ0n) is 19.6. The van der Waals surface area contributed by atoms with Crippen molar-refractivity contribution in [3.05, 3.63) is 107 Å². The van der Waals surface area contributed by atoms with E-state index in [0.717, 1.165) is 28.4 Å². The number of Topliss-reactive ketones (excluding diaryl/α,β-unsaturated/α-hetero) is 1. The molecule has 6 aromatic rings. The summed E-state index contributed by atoms with van der Waals surface area (Å²) in [6.07, 6.45) is 2.56. The minimum atomic E-state index is -0.553. The molecule has 0 aliphatic heterocycles. The van der Waals surface area contributed by atoms with Crippen LogP contribution in [0.2, 0.25) is 0 Å². The van der Waals surface area contributed by atoms with E-state index in [0.29, 0.717) is 28.4 Å². The van der Waals surface area contributed by atoms with E-state index in [1.165, 1.54) is 11.8 Å². The van der Waals surface area contributed by atoms with Gasteiger partial charge >= 0.3 is 0 Å². The number of ketones is 1. The van der Waals surface area contributed by atoms with E-state index in [-0.39, 0.29) is 11.3 Å².